The van der Waals surface area contributed by atoms with Gasteiger partial charge in [0, 0.05) is 13.2 Å². The first-order valence-corrected chi connectivity index (χ1v) is 4.23. The molecule has 0 aromatic rings. The molecule has 1 atom stereocenters. The summed E-state index contributed by atoms with van der Waals surface area (Å²) in [6, 6.07) is 0. The van der Waals surface area contributed by atoms with E-state index in [1.165, 1.54) is 0 Å². The molecule has 1 saturated heterocycles. The molecule has 0 bridgehead atoms. The maximum absolute atomic E-state index is 8.79. The van der Waals surface area contributed by atoms with E-state index in [4.69, 9.17) is 14.6 Å². The minimum absolute atomic E-state index is 0.0694. The van der Waals surface area contributed by atoms with Crippen LogP contribution in [-0.2, 0) is 9.47 Å². The second kappa shape index (κ2) is 5.52. The number of hydrogen-bond donors (Lipinski definition) is 1. The van der Waals surface area contributed by atoms with Gasteiger partial charge in [-0.05, 0) is 19.3 Å². The van der Waals surface area contributed by atoms with Gasteiger partial charge in [-0.2, -0.15) is 0 Å². The van der Waals surface area contributed by atoms with Gasteiger partial charge in [0.25, 0.3) is 0 Å². The van der Waals surface area contributed by atoms with Crippen LogP contribution in [0.1, 0.15) is 19.3 Å². The number of hydrogen-bond acceptors (Lipinski definition) is 3. The molecule has 0 saturated carbocycles. The fraction of sp³-hybridized carbons (Fsp3) is 1.00. The number of aliphatic hydroxyl groups is 1. The first-order valence-electron chi connectivity index (χ1n) is 4.23. The fourth-order valence-electron chi connectivity index (χ4n) is 1.10. The molecule has 3 nitrogen and oxygen atoms in total. The molecule has 1 aliphatic heterocycles. The highest BCUT2D eigenvalue weighted by atomic mass is 16.5. The lowest BCUT2D eigenvalue weighted by atomic mass is 10.2. The topological polar surface area (TPSA) is 38.7 Å². The molecule has 1 fully saturated rings. The second-order valence-corrected chi connectivity index (χ2v) is 2.81. The van der Waals surface area contributed by atoms with Crippen molar-refractivity contribution in [2.45, 2.75) is 25.4 Å². The number of aliphatic hydroxyl groups excluding tert-OH is 1. The molecule has 0 amide bonds. The maximum atomic E-state index is 8.79. The summed E-state index contributed by atoms with van der Waals surface area (Å²) in [6.45, 7) is 2.17. The second-order valence-electron chi connectivity index (χ2n) is 2.81. The van der Waals surface area contributed by atoms with Crippen LogP contribution >= 0.6 is 0 Å². The summed E-state index contributed by atoms with van der Waals surface area (Å²) in [4.78, 5) is 0. The monoisotopic (exact) mass is 160 g/mol. The van der Waals surface area contributed by atoms with E-state index in [0.29, 0.717) is 6.61 Å². The Balaban J connectivity index is 2.19. The first-order chi connectivity index (χ1) is 5.43. The summed E-state index contributed by atoms with van der Waals surface area (Å²) in [7, 11) is 0. The van der Waals surface area contributed by atoms with Crippen LogP contribution in [0.3, 0.4) is 0 Å². The van der Waals surface area contributed by atoms with Crippen LogP contribution < -0.4 is 0 Å². The van der Waals surface area contributed by atoms with Gasteiger partial charge >= 0.3 is 0 Å². The standard InChI is InChI=1S/C8H16O3/c9-6-8-7-10-4-2-1-3-5-11-8/h8-9H,1-7H2. The van der Waals surface area contributed by atoms with Gasteiger partial charge in [0.1, 0.15) is 6.10 Å². The zero-order valence-corrected chi connectivity index (χ0v) is 6.79. The van der Waals surface area contributed by atoms with Gasteiger partial charge in [-0.25, -0.2) is 0 Å². The Morgan fingerprint density at radius 2 is 2.00 bits per heavy atom. The van der Waals surface area contributed by atoms with Crippen molar-refractivity contribution >= 4 is 0 Å². The van der Waals surface area contributed by atoms with Crippen molar-refractivity contribution in [2.24, 2.45) is 0 Å². The molecule has 1 rings (SSSR count). The first kappa shape index (κ1) is 8.97. The Labute approximate surface area is 67.3 Å². The van der Waals surface area contributed by atoms with Crippen molar-refractivity contribution in [1.82, 2.24) is 0 Å². The molecule has 66 valence electrons. The zero-order chi connectivity index (χ0) is 7.94. The van der Waals surface area contributed by atoms with E-state index in [0.717, 1.165) is 32.5 Å². The lowest BCUT2D eigenvalue weighted by molar-refractivity contribution is -0.0358. The minimum Gasteiger partial charge on any atom is -0.394 e. The largest absolute Gasteiger partial charge is 0.394 e. The molecule has 0 radical (unpaired) electrons. The Bertz CT molecular complexity index is 85.3. The van der Waals surface area contributed by atoms with Gasteiger partial charge in [-0.1, -0.05) is 0 Å². The lowest BCUT2D eigenvalue weighted by Crippen LogP contribution is -2.23. The van der Waals surface area contributed by atoms with E-state index >= 15 is 0 Å². The van der Waals surface area contributed by atoms with Crippen molar-refractivity contribution in [3.05, 3.63) is 0 Å². The van der Waals surface area contributed by atoms with Crippen LogP contribution in [0.2, 0.25) is 0 Å². The zero-order valence-electron chi connectivity index (χ0n) is 6.79. The van der Waals surface area contributed by atoms with E-state index in [1.807, 2.05) is 0 Å². The van der Waals surface area contributed by atoms with Crippen LogP contribution in [0, 0.1) is 0 Å². The van der Waals surface area contributed by atoms with Crippen LogP contribution in [0.4, 0.5) is 0 Å². The molecule has 0 aliphatic carbocycles. The molecule has 1 N–H and O–H groups in total. The third kappa shape index (κ3) is 3.70. The van der Waals surface area contributed by atoms with Gasteiger partial charge in [0.2, 0.25) is 0 Å². The van der Waals surface area contributed by atoms with Crippen LogP contribution in [0.5, 0.6) is 0 Å². The fourth-order valence-corrected chi connectivity index (χ4v) is 1.10. The summed E-state index contributed by atoms with van der Waals surface area (Å²) >= 11 is 0. The maximum Gasteiger partial charge on any atom is 0.104 e. The Morgan fingerprint density at radius 1 is 1.18 bits per heavy atom. The quantitative estimate of drug-likeness (QED) is 0.609. The van der Waals surface area contributed by atoms with Crippen LogP contribution in [0.15, 0.2) is 0 Å². The molecule has 3 heteroatoms. The van der Waals surface area contributed by atoms with E-state index in [2.05, 4.69) is 0 Å². The number of ether oxygens (including phenoxy) is 2. The average molecular weight is 160 g/mol. The van der Waals surface area contributed by atoms with Gasteiger partial charge in [0.15, 0.2) is 0 Å². The smallest absolute Gasteiger partial charge is 0.104 e. The van der Waals surface area contributed by atoms with Crippen LogP contribution in [-0.4, -0.2) is 37.6 Å². The van der Waals surface area contributed by atoms with Crippen molar-refractivity contribution in [3.63, 3.8) is 0 Å². The van der Waals surface area contributed by atoms with E-state index in [-0.39, 0.29) is 12.7 Å². The van der Waals surface area contributed by atoms with Gasteiger partial charge < -0.3 is 14.6 Å². The number of rotatable bonds is 1. The van der Waals surface area contributed by atoms with Crippen LogP contribution in [0.25, 0.3) is 0 Å². The average Bonchev–Trinajstić information content (AvgIpc) is 2.16. The Hall–Kier alpha value is -0.120. The highest BCUT2D eigenvalue weighted by Crippen LogP contribution is 2.03. The summed E-state index contributed by atoms with van der Waals surface area (Å²) in [5.41, 5.74) is 0. The lowest BCUT2D eigenvalue weighted by Gasteiger charge is -2.13. The molecular weight excluding hydrogens is 144 g/mol. The normalized spacial score (nSPS) is 28.6. The molecule has 0 aromatic carbocycles. The van der Waals surface area contributed by atoms with Gasteiger partial charge in [-0.3, -0.25) is 0 Å². The minimum atomic E-state index is -0.104. The van der Waals surface area contributed by atoms with Crippen molar-refractivity contribution < 1.29 is 14.6 Å². The molecule has 1 aliphatic rings. The van der Waals surface area contributed by atoms with Crippen molar-refractivity contribution in [3.8, 4) is 0 Å². The van der Waals surface area contributed by atoms with Gasteiger partial charge in [0.05, 0.1) is 13.2 Å². The SMILES string of the molecule is OCC1COCCCCCO1. The van der Waals surface area contributed by atoms with Crippen molar-refractivity contribution in [2.75, 3.05) is 26.4 Å². The predicted molar refractivity (Wildman–Crippen MR) is 41.5 cm³/mol. The van der Waals surface area contributed by atoms with E-state index in [9.17, 15) is 0 Å². The molecule has 1 unspecified atom stereocenters. The van der Waals surface area contributed by atoms with Gasteiger partial charge in [-0.15, -0.1) is 0 Å². The molecule has 0 aromatic heterocycles. The van der Waals surface area contributed by atoms with E-state index in [1.54, 1.807) is 0 Å². The highest BCUT2D eigenvalue weighted by Gasteiger charge is 2.08. The Morgan fingerprint density at radius 3 is 2.82 bits per heavy atom. The summed E-state index contributed by atoms with van der Waals surface area (Å²) < 4.78 is 10.6. The summed E-state index contributed by atoms with van der Waals surface area (Å²) in [5.74, 6) is 0. The molecule has 0 spiro atoms. The Kier molecular flexibility index (Phi) is 4.50. The summed E-state index contributed by atoms with van der Waals surface area (Å²) in [6.07, 6.45) is 3.26. The molecule has 11 heavy (non-hydrogen) atoms. The van der Waals surface area contributed by atoms with E-state index < -0.39 is 0 Å². The highest BCUT2D eigenvalue weighted by molar-refractivity contribution is 4.56. The molecular formula is C8H16O3. The van der Waals surface area contributed by atoms with Crippen molar-refractivity contribution in [1.29, 1.82) is 0 Å². The summed E-state index contributed by atoms with van der Waals surface area (Å²) in [5, 5.41) is 8.79. The molecule has 1 heterocycles. The predicted octanol–water partition coefficient (Wildman–Crippen LogP) is 0.564. The third-order valence-corrected chi connectivity index (χ3v) is 1.79. The third-order valence-electron chi connectivity index (χ3n) is 1.79.